The van der Waals surface area contributed by atoms with E-state index < -0.39 is 6.10 Å². The second-order valence-electron chi connectivity index (χ2n) is 3.71. The Kier molecular flexibility index (Phi) is 2.97. The molecule has 0 radical (unpaired) electrons. The summed E-state index contributed by atoms with van der Waals surface area (Å²) >= 11 is 0. The van der Waals surface area contributed by atoms with Crippen LogP contribution in [0.5, 0.6) is 0 Å². The Morgan fingerprint density at radius 3 is 2.76 bits per heavy atom. The van der Waals surface area contributed by atoms with E-state index in [0.717, 1.165) is 0 Å². The highest BCUT2D eigenvalue weighted by atomic mass is 16.5. The molecule has 2 aromatic rings. The Balaban J connectivity index is 2.24. The molecule has 6 heteroatoms. The highest BCUT2D eigenvalue weighted by Gasteiger charge is 2.11. The fourth-order valence-corrected chi connectivity index (χ4v) is 1.46. The second kappa shape index (κ2) is 4.42. The molecule has 0 aliphatic heterocycles. The fraction of sp³-hybridized carbons (Fsp3) is 0.273. The third kappa shape index (κ3) is 2.36. The van der Waals surface area contributed by atoms with Crippen LogP contribution in [-0.4, -0.2) is 29.1 Å². The second-order valence-corrected chi connectivity index (χ2v) is 3.71. The van der Waals surface area contributed by atoms with Crippen LogP contribution < -0.4 is 11.0 Å². The number of hydrogen-bond acceptors (Lipinski definition) is 3. The summed E-state index contributed by atoms with van der Waals surface area (Å²) in [5.74, 6) is -0.232. The summed E-state index contributed by atoms with van der Waals surface area (Å²) in [6.07, 6.45) is -0.518. The number of hydrogen-bond donors (Lipinski definition) is 3. The van der Waals surface area contributed by atoms with Gasteiger partial charge < -0.3 is 20.0 Å². The molecule has 0 saturated carbocycles. The number of aromatic nitrogens is 2. The molecule has 3 N–H and O–H groups in total. The summed E-state index contributed by atoms with van der Waals surface area (Å²) in [5.41, 5.74) is 1.70. The van der Waals surface area contributed by atoms with E-state index in [0.29, 0.717) is 16.7 Å². The number of amides is 1. The Morgan fingerprint density at radius 1 is 1.35 bits per heavy atom. The number of carbonyl (C=O) groups excluding carboxylic acids is 1. The number of ether oxygens (including phenoxy) is 1. The number of H-pyrrole nitrogens is 2. The fourth-order valence-electron chi connectivity index (χ4n) is 1.46. The molecule has 1 unspecified atom stereocenters. The Labute approximate surface area is 97.0 Å². The van der Waals surface area contributed by atoms with Crippen molar-refractivity contribution in [1.29, 1.82) is 0 Å². The molecule has 1 aromatic heterocycles. The third-order valence-electron chi connectivity index (χ3n) is 2.51. The summed E-state index contributed by atoms with van der Waals surface area (Å²) in [7, 11) is 1.47. The minimum absolute atomic E-state index is 0.232. The van der Waals surface area contributed by atoms with Gasteiger partial charge in [0, 0.05) is 12.8 Å². The van der Waals surface area contributed by atoms with E-state index in [-0.39, 0.29) is 11.6 Å². The summed E-state index contributed by atoms with van der Waals surface area (Å²) in [4.78, 5) is 27.9. The average Bonchev–Trinajstić information content (AvgIpc) is 2.67. The average molecular weight is 235 g/mol. The molecular weight excluding hydrogens is 222 g/mol. The van der Waals surface area contributed by atoms with Gasteiger partial charge in [-0.25, -0.2) is 4.79 Å². The predicted octanol–water partition coefficient (Wildman–Crippen LogP) is 0.830. The summed E-state index contributed by atoms with van der Waals surface area (Å²) in [5, 5.41) is 2.69. The van der Waals surface area contributed by atoms with Crippen LogP contribution >= 0.6 is 0 Å². The quantitative estimate of drug-likeness (QED) is 0.736. The number of aromatic amines is 2. The molecule has 0 spiro atoms. The van der Waals surface area contributed by atoms with Crippen LogP contribution in [0.15, 0.2) is 23.0 Å². The molecule has 1 atom stereocenters. The van der Waals surface area contributed by atoms with Crippen LogP contribution in [0, 0.1) is 0 Å². The maximum absolute atomic E-state index is 11.6. The number of anilines is 1. The zero-order valence-electron chi connectivity index (χ0n) is 9.53. The van der Waals surface area contributed by atoms with E-state index >= 15 is 0 Å². The van der Waals surface area contributed by atoms with E-state index in [1.165, 1.54) is 7.11 Å². The lowest BCUT2D eigenvalue weighted by atomic mass is 10.2. The molecule has 0 aliphatic rings. The Morgan fingerprint density at radius 2 is 2.06 bits per heavy atom. The summed E-state index contributed by atoms with van der Waals surface area (Å²) in [6.45, 7) is 1.66. The number of rotatable bonds is 3. The Hall–Kier alpha value is -2.08. The predicted molar refractivity (Wildman–Crippen MR) is 64.0 cm³/mol. The van der Waals surface area contributed by atoms with Gasteiger partial charge in [-0.3, -0.25) is 4.79 Å². The molecule has 2 rings (SSSR count). The smallest absolute Gasteiger partial charge is 0.323 e. The first-order valence-electron chi connectivity index (χ1n) is 5.16. The number of methoxy groups -OCH3 is 1. The molecule has 1 heterocycles. The van der Waals surface area contributed by atoms with Gasteiger partial charge in [0.1, 0.15) is 6.10 Å². The maximum atomic E-state index is 11.6. The van der Waals surface area contributed by atoms with Crippen molar-refractivity contribution in [3.63, 3.8) is 0 Å². The molecule has 0 aliphatic carbocycles. The molecule has 1 aromatic carbocycles. The first kappa shape index (κ1) is 11.4. The highest BCUT2D eigenvalue weighted by molar-refractivity contribution is 5.95. The lowest BCUT2D eigenvalue weighted by molar-refractivity contribution is -0.124. The van der Waals surface area contributed by atoms with Crippen molar-refractivity contribution in [3.8, 4) is 0 Å². The Bertz CT molecular complexity index is 599. The molecule has 1 amide bonds. The molecular formula is C11H13N3O3. The van der Waals surface area contributed by atoms with Gasteiger partial charge in [-0.1, -0.05) is 0 Å². The van der Waals surface area contributed by atoms with Gasteiger partial charge in [-0.15, -0.1) is 0 Å². The molecule has 6 nitrogen and oxygen atoms in total. The number of benzene rings is 1. The monoisotopic (exact) mass is 235 g/mol. The molecule has 0 fully saturated rings. The van der Waals surface area contributed by atoms with E-state index in [1.807, 2.05) is 0 Å². The van der Waals surface area contributed by atoms with Gasteiger partial charge in [0.25, 0.3) is 5.91 Å². The van der Waals surface area contributed by atoms with Crippen molar-refractivity contribution in [3.05, 3.63) is 28.7 Å². The van der Waals surface area contributed by atoms with Crippen molar-refractivity contribution in [2.45, 2.75) is 13.0 Å². The zero-order chi connectivity index (χ0) is 12.4. The molecule has 0 bridgehead atoms. The first-order valence-corrected chi connectivity index (χ1v) is 5.16. The number of imidazole rings is 1. The van der Waals surface area contributed by atoms with E-state index in [4.69, 9.17) is 4.74 Å². The summed E-state index contributed by atoms with van der Waals surface area (Å²) < 4.78 is 4.90. The van der Waals surface area contributed by atoms with E-state index in [1.54, 1.807) is 25.1 Å². The minimum Gasteiger partial charge on any atom is -0.372 e. The van der Waals surface area contributed by atoms with Gasteiger partial charge in [-0.05, 0) is 25.1 Å². The first-order chi connectivity index (χ1) is 8.10. The van der Waals surface area contributed by atoms with Gasteiger partial charge in [0.15, 0.2) is 0 Å². The van der Waals surface area contributed by atoms with Gasteiger partial charge in [0.05, 0.1) is 11.0 Å². The van der Waals surface area contributed by atoms with Crippen LogP contribution in [0.3, 0.4) is 0 Å². The van der Waals surface area contributed by atoms with Crippen LogP contribution in [0.4, 0.5) is 5.69 Å². The van der Waals surface area contributed by atoms with E-state index in [2.05, 4.69) is 15.3 Å². The molecule has 17 heavy (non-hydrogen) atoms. The third-order valence-corrected chi connectivity index (χ3v) is 2.51. The lowest BCUT2D eigenvalue weighted by Crippen LogP contribution is -2.26. The van der Waals surface area contributed by atoms with Crippen LogP contribution in [0.25, 0.3) is 11.0 Å². The van der Waals surface area contributed by atoms with Crippen molar-refractivity contribution in [2.75, 3.05) is 12.4 Å². The molecule has 90 valence electrons. The normalized spacial score (nSPS) is 12.6. The van der Waals surface area contributed by atoms with Gasteiger partial charge in [0.2, 0.25) is 0 Å². The summed E-state index contributed by atoms with van der Waals surface area (Å²) in [6, 6.07) is 5.13. The largest absolute Gasteiger partial charge is 0.372 e. The van der Waals surface area contributed by atoms with Crippen molar-refractivity contribution in [2.24, 2.45) is 0 Å². The van der Waals surface area contributed by atoms with Crippen molar-refractivity contribution < 1.29 is 9.53 Å². The number of fused-ring (bicyclic) bond motifs is 1. The van der Waals surface area contributed by atoms with Gasteiger partial charge >= 0.3 is 5.69 Å². The highest BCUT2D eigenvalue weighted by Crippen LogP contribution is 2.14. The van der Waals surface area contributed by atoms with Crippen LogP contribution in [0.1, 0.15) is 6.92 Å². The van der Waals surface area contributed by atoms with Crippen LogP contribution in [-0.2, 0) is 9.53 Å². The van der Waals surface area contributed by atoms with Crippen molar-refractivity contribution in [1.82, 2.24) is 9.97 Å². The van der Waals surface area contributed by atoms with Crippen LogP contribution in [0.2, 0.25) is 0 Å². The number of nitrogens with one attached hydrogen (secondary N) is 3. The standard InChI is InChI=1S/C11H13N3O3/c1-6(17-2)10(15)12-7-3-4-8-9(5-7)14-11(16)13-8/h3-6H,1-2H3,(H,12,15)(H2,13,14,16). The topological polar surface area (TPSA) is 87.0 Å². The lowest BCUT2D eigenvalue weighted by Gasteiger charge is -2.10. The maximum Gasteiger partial charge on any atom is 0.323 e. The minimum atomic E-state index is -0.518. The molecule has 0 saturated heterocycles. The zero-order valence-corrected chi connectivity index (χ0v) is 9.53. The number of carbonyl (C=O) groups is 1. The van der Waals surface area contributed by atoms with E-state index in [9.17, 15) is 9.59 Å². The van der Waals surface area contributed by atoms with Crippen molar-refractivity contribution >= 4 is 22.6 Å². The van der Waals surface area contributed by atoms with Gasteiger partial charge in [-0.2, -0.15) is 0 Å². The SMILES string of the molecule is COC(C)C(=O)Nc1ccc2[nH]c(=O)[nH]c2c1.